The summed E-state index contributed by atoms with van der Waals surface area (Å²) in [5, 5.41) is 13.2. The molecule has 2 aliphatic rings. The number of ether oxygens (including phenoxy) is 3. The molecule has 154 valence electrons. The molecule has 3 aromatic rings. The molecule has 5 rings (SSSR count). The Morgan fingerprint density at radius 1 is 1.17 bits per heavy atom. The van der Waals surface area contributed by atoms with Crippen LogP contribution in [0.2, 0.25) is 0 Å². The van der Waals surface area contributed by atoms with Gasteiger partial charge in [-0.3, -0.25) is 0 Å². The number of aromatic nitrogens is 3. The van der Waals surface area contributed by atoms with Gasteiger partial charge in [0, 0.05) is 15.5 Å². The number of fused-ring (bicyclic) bond motifs is 2. The van der Waals surface area contributed by atoms with Gasteiger partial charge in [0.25, 0.3) is 0 Å². The number of hydrogen-bond acceptors (Lipinski definition) is 7. The Kier molecular flexibility index (Phi) is 4.70. The van der Waals surface area contributed by atoms with Gasteiger partial charge in [0.05, 0.1) is 23.1 Å². The number of halogens is 1. The van der Waals surface area contributed by atoms with Gasteiger partial charge in [-0.2, -0.15) is 5.26 Å². The van der Waals surface area contributed by atoms with E-state index in [0.717, 1.165) is 20.3 Å². The zero-order valence-corrected chi connectivity index (χ0v) is 18.8. The fourth-order valence-electron chi connectivity index (χ4n) is 4.09. The molecule has 0 radical (unpaired) electrons. The molecule has 8 nitrogen and oxygen atoms in total. The molecule has 2 saturated heterocycles. The van der Waals surface area contributed by atoms with E-state index >= 15 is 0 Å². The van der Waals surface area contributed by atoms with Gasteiger partial charge in [-0.1, -0.05) is 0 Å². The maximum Gasteiger partial charge on any atom is 0.164 e. The van der Waals surface area contributed by atoms with Crippen molar-refractivity contribution in [3.8, 4) is 6.07 Å². The monoisotopic (exact) mass is 517 g/mol. The zero-order chi connectivity index (χ0) is 21.0. The van der Waals surface area contributed by atoms with Crippen molar-refractivity contribution in [2.24, 2.45) is 0 Å². The van der Waals surface area contributed by atoms with E-state index in [4.69, 9.17) is 19.5 Å². The molecule has 0 bridgehead atoms. The van der Waals surface area contributed by atoms with Gasteiger partial charge in [-0.25, -0.2) is 9.97 Å². The standard InChI is InChI=1S/C21H20IN5O3/c1-11-16-17(30-21(2,3)29-16)20(28-11)27-9-14(22)15-18(24-10-25-19(15)27)26-13-6-4-12(8-23)5-7-13/h4-7,9-11,16-17,20H,1-3H3,(H,24,25,26)/t11-,16-,17-,20-/m1/s1. The highest BCUT2D eigenvalue weighted by molar-refractivity contribution is 14.1. The lowest BCUT2D eigenvalue weighted by Gasteiger charge is -2.24. The second-order valence-electron chi connectivity index (χ2n) is 7.92. The third-order valence-electron chi connectivity index (χ3n) is 5.38. The van der Waals surface area contributed by atoms with Crippen LogP contribution in [0.15, 0.2) is 36.8 Å². The second-order valence-corrected chi connectivity index (χ2v) is 9.08. The summed E-state index contributed by atoms with van der Waals surface area (Å²) < 4.78 is 21.4. The van der Waals surface area contributed by atoms with E-state index in [0.29, 0.717) is 11.4 Å². The van der Waals surface area contributed by atoms with Crippen LogP contribution in [0.3, 0.4) is 0 Å². The van der Waals surface area contributed by atoms with Crippen LogP contribution in [0.25, 0.3) is 11.0 Å². The molecule has 0 spiro atoms. The number of nitrogens with zero attached hydrogens (tertiary/aromatic N) is 4. The molecule has 0 saturated carbocycles. The van der Waals surface area contributed by atoms with Crippen molar-refractivity contribution in [2.75, 3.05) is 5.32 Å². The fourth-order valence-corrected chi connectivity index (χ4v) is 4.89. The van der Waals surface area contributed by atoms with Crippen molar-refractivity contribution >= 4 is 45.1 Å². The van der Waals surface area contributed by atoms with E-state index < -0.39 is 5.79 Å². The SMILES string of the molecule is C[C@H]1O[C@@H](n2cc(I)c3c(Nc4ccc(C#N)cc4)ncnc32)[C@@H]2OC(C)(C)O[C@@H]21. The summed E-state index contributed by atoms with van der Waals surface area (Å²) >= 11 is 2.29. The maximum absolute atomic E-state index is 8.99. The Bertz CT molecular complexity index is 1150. The van der Waals surface area contributed by atoms with Crippen molar-refractivity contribution < 1.29 is 14.2 Å². The van der Waals surface area contributed by atoms with Gasteiger partial charge in [0.15, 0.2) is 12.0 Å². The predicted molar refractivity (Wildman–Crippen MR) is 118 cm³/mol. The predicted octanol–water partition coefficient (Wildman–Crippen LogP) is 4.09. The number of rotatable bonds is 3. The summed E-state index contributed by atoms with van der Waals surface area (Å²) in [7, 11) is 0. The summed E-state index contributed by atoms with van der Waals surface area (Å²) in [6.07, 6.45) is 2.78. The molecule has 0 aliphatic carbocycles. The third-order valence-corrected chi connectivity index (χ3v) is 6.19. The lowest BCUT2D eigenvalue weighted by atomic mass is 10.1. The van der Waals surface area contributed by atoms with Gasteiger partial charge in [0.2, 0.25) is 0 Å². The quantitative estimate of drug-likeness (QED) is 0.524. The first-order valence-corrected chi connectivity index (χ1v) is 10.7. The molecule has 1 N–H and O–H groups in total. The van der Waals surface area contributed by atoms with E-state index in [9.17, 15) is 0 Å². The number of nitriles is 1. The van der Waals surface area contributed by atoms with Crippen molar-refractivity contribution in [1.82, 2.24) is 14.5 Å². The van der Waals surface area contributed by atoms with Crippen LogP contribution in [0.5, 0.6) is 0 Å². The van der Waals surface area contributed by atoms with Crippen molar-refractivity contribution in [2.45, 2.75) is 51.1 Å². The largest absolute Gasteiger partial charge is 0.349 e. The van der Waals surface area contributed by atoms with E-state index in [1.807, 2.05) is 43.7 Å². The molecule has 0 amide bonds. The molecule has 2 fully saturated rings. The third kappa shape index (κ3) is 3.24. The average Bonchev–Trinajstić information content (AvgIpc) is 3.32. The van der Waals surface area contributed by atoms with Crippen LogP contribution >= 0.6 is 22.6 Å². The summed E-state index contributed by atoms with van der Waals surface area (Å²) in [5.74, 6) is 0.0540. The van der Waals surface area contributed by atoms with E-state index in [1.165, 1.54) is 6.33 Å². The van der Waals surface area contributed by atoms with Gasteiger partial charge in [-0.15, -0.1) is 0 Å². The highest BCUT2D eigenvalue weighted by Crippen LogP contribution is 2.44. The van der Waals surface area contributed by atoms with Crippen LogP contribution in [0.4, 0.5) is 11.5 Å². The zero-order valence-electron chi connectivity index (χ0n) is 16.7. The second kappa shape index (κ2) is 7.16. The smallest absolute Gasteiger partial charge is 0.164 e. The molecule has 30 heavy (non-hydrogen) atoms. The van der Waals surface area contributed by atoms with Gasteiger partial charge in [-0.05, 0) is 67.6 Å². The van der Waals surface area contributed by atoms with Crippen LogP contribution < -0.4 is 5.32 Å². The van der Waals surface area contributed by atoms with Crippen molar-refractivity contribution in [1.29, 1.82) is 5.26 Å². The van der Waals surface area contributed by atoms with Gasteiger partial charge in [0.1, 0.15) is 30.0 Å². The molecular weight excluding hydrogens is 497 g/mol. The normalized spacial score (nSPS) is 27.2. The average molecular weight is 517 g/mol. The molecule has 4 heterocycles. The summed E-state index contributed by atoms with van der Waals surface area (Å²) in [6.45, 7) is 5.86. The van der Waals surface area contributed by atoms with Crippen LogP contribution in [-0.4, -0.2) is 38.6 Å². The van der Waals surface area contributed by atoms with Crippen molar-refractivity contribution in [3.63, 3.8) is 0 Å². The topological polar surface area (TPSA) is 94.2 Å². The molecule has 0 unspecified atom stereocenters. The van der Waals surface area contributed by atoms with Crippen molar-refractivity contribution in [3.05, 3.63) is 45.9 Å². The van der Waals surface area contributed by atoms with E-state index in [-0.39, 0.29) is 24.5 Å². The fraction of sp³-hybridized carbons (Fsp3) is 0.381. The van der Waals surface area contributed by atoms with Crippen LogP contribution in [-0.2, 0) is 14.2 Å². The minimum absolute atomic E-state index is 0.0880. The van der Waals surface area contributed by atoms with Crippen LogP contribution in [0, 0.1) is 14.9 Å². The Hall–Kier alpha value is -2.26. The number of hydrogen-bond donors (Lipinski definition) is 1. The first-order valence-electron chi connectivity index (χ1n) is 9.65. The summed E-state index contributed by atoms with van der Waals surface area (Å²) in [6, 6.07) is 9.37. The Balaban J connectivity index is 1.53. The Labute approximate surface area is 187 Å². The number of benzene rings is 1. The first-order chi connectivity index (χ1) is 14.4. The minimum atomic E-state index is -0.640. The summed E-state index contributed by atoms with van der Waals surface area (Å²) in [4.78, 5) is 8.99. The lowest BCUT2D eigenvalue weighted by Crippen LogP contribution is -2.27. The molecule has 9 heteroatoms. The Morgan fingerprint density at radius 2 is 1.90 bits per heavy atom. The Morgan fingerprint density at radius 3 is 2.63 bits per heavy atom. The number of anilines is 2. The number of nitrogens with one attached hydrogen (secondary N) is 1. The summed E-state index contributed by atoms with van der Waals surface area (Å²) in [5.41, 5.74) is 2.22. The van der Waals surface area contributed by atoms with Gasteiger partial charge < -0.3 is 24.1 Å². The van der Waals surface area contributed by atoms with E-state index in [1.54, 1.807) is 12.1 Å². The molecule has 4 atom stereocenters. The van der Waals surface area contributed by atoms with Gasteiger partial charge >= 0.3 is 0 Å². The molecule has 2 aromatic heterocycles. The highest BCUT2D eigenvalue weighted by Gasteiger charge is 2.54. The lowest BCUT2D eigenvalue weighted by molar-refractivity contribution is -0.194. The van der Waals surface area contributed by atoms with Crippen LogP contribution in [0.1, 0.15) is 32.6 Å². The molecule has 1 aromatic carbocycles. The minimum Gasteiger partial charge on any atom is -0.349 e. The first kappa shape index (κ1) is 19.7. The maximum atomic E-state index is 8.99. The highest BCUT2D eigenvalue weighted by atomic mass is 127. The van der Waals surface area contributed by atoms with E-state index in [2.05, 4.69) is 43.9 Å². The molecule has 2 aliphatic heterocycles. The molecular formula is C21H20IN5O3.